The van der Waals surface area contributed by atoms with E-state index in [0.29, 0.717) is 11.9 Å². The van der Waals surface area contributed by atoms with Gasteiger partial charge >= 0.3 is 0 Å². The van der Waals surface area contributed by atoms with Gasteiger partial charge in [0.25, 0.3) is 0 Å². The number of rotatable bonds is 7. The number of aliphatic imine (C=N–C) groups is 1. The normalized spacial score (nSPS) is 14.6. The number of benzene rings is 1. The van der Waals surface area contributed by atoms with Crippen LogP contribution in [0.3, 0.4) is 0 Å². The fraction of sp³-hybridized carbons (Fsp3) is 0.533. The maximum absolute atomic E-state index is 6.06. The lowest BCUT2D eigenvalue weighted by Crippen LogP contribution is -2.44. The molecule has 6 heteroatoms. The second-order valence-corrected chi connectivity index (χ2v) is 6.21. The number of thioether (sulfide) groups is 1. The molecule has 0 bridgehead atoms. The van der Waals surface area contributed by atoms with Crippen LogP contribution in [0.25, 0.3) is 0 Å². The molecule has 118 valence electrons. The number of nitrogens with zero attached hydrogens (tertiary/aromatic N) is 1. The summed E-state index contributed by atoms with van der Waals surface area (Å²) in [6, 6.07) is 8.18. The van der Waals surface area contributed by atoms with E-state index in [9.17, 15) is 0 Å². The van der Waals surface area contributed by atoms with Crippen LogP contribution in [0.4, 0.5) is 0 Å². The summed E-state index contributed by atoms with van der Waals surface area (Å²) < 4.78 is 5.11. The molecule has 1 rings (SSSR count). The summed E-state index contributed by atoms with van der Waals surface area (Å²) >= 11 is 7.84. The lowest BCUT2D eigenvalue weighted by Gasteiger charge is -2.20. The molecular formula is C15H24ClN3OS. The zero-order valence-corrected chi connectivity index (χ0v) is 14.6. The van der Waals surface area contributed by atoms with Crippen molar-refractivity contribution in [2.24, 2.45) is 4.99 Å². The standard InChI is InChI=1S/C15H24ClN3OS/c1-11(10-20-3)19-15(17-2)18-9-14(21-4)12-6-5-7-13(16)8-12/h5-8,11,14H,9-10H2,1-4H3,(H2,17,18,19). The third-order valence-corrected chi connectivity index (χ3v) is 4.23. The highest BCUT2D eigenvalue weighted by Gasteiger charge is 2.12. The average Bonchev–Trinajstić information content (AvgIpc) is 2.47. The van der Waals surface area contributed by atoms with Crippen molar-refractivity contribution < 1.29 is 4.74 Å². The van der Waals surface area contributed by atoms with Crippen LogP contribution in [-0.4, -0.2) is 45.6 Å². The summed E-state index contributed by atoms with van der Waals surface area (Å²) in [7, 11) is 3.46. The third kappa shape index (κ3) is 6.59. The zero-order valence-electron chi connectivity index (χ0n) is 13.0. The molecule has 0 aromatic heterocycles. The largest absolute Gasteiger partial charge is 0.383 e. The highest BCUT2D eigenvalue weighted by Crippen LogP contribution is 2.27. The number of halogens is 1. The number of nitrogens with one attached hydrogen (secondary N) is 2. The second-order valence-electron chi connectivity index (χ2n) is 4.73. The molecule has 4 nitrogen and oxygen atoms in total. The molecule has 1 aromatic rings. The molecule has 0 spiro atoms. The molecule has 21 heavy (non-hydrogen) atoms. The molecule has 0 aliphatic rings. The maximum Gasteiger partial charge on any atom is 0.191 e. The van der Waals surface area contributed by atoms with Gasteiger partial charge < -0.3 is 15.4 Å². The Morgan fingerprint density at radius 3 is 2.81 bits per heavy atom. The predicted octanol–water partition coefficient (Wildman–Crippen LogP) is 2.94. The average molecular weight is 330 g/mol. The molecule has 2 atom stereocenters. The van der Waals surface area contributed by atoms with E-state index in [1.165, 1.54) is 5.56 Å². The van der Waals surface area contributed by atoms with Crippen LogP contribution in [0.1, 0.15) is 17.7 Å². The van der Waals surface area contributed by atoms with Gasteiger partial charge in [-0.3, -0.25) is 4.99 Å². The molecule has 2 unspecified atom stereocenters. The summed E-state index contributed by atoms with van der Waals surface area (Å²) in [5.41, 5.74) is 1.21. The van der Waals surface area contributed by atoms with Gasteiger partial charge in [0, 0.05) is 37.0 Å². The minimum Gasteiger partial charge on any atom is -0.383 e. The van der Waals surface area contributed by atoms with E-state index in [1.54, 1.807) is 25.9 Å². The minimum absolute atomic E-state index is 0.208. The van der Waals surface area contributed by atoms with Crippen LogP contribution in [0.2, 0.25) is 5.02 Å². The van der Waals surface area contributed by atoms with E-state index >= 15 is 0 Å². The van der Waals surface area contributed by atoms with Gasteiger partial charge in [-0.05, 0) is 30.9 Å². The van der Waals surface area contributed by atoms with E-state index in [0.717, 1.165) is 17.5 Å². The van der Waals surface area contributed by atoms with Crippen LogP contribution >= 0.6 is 23.4 Å². The quantitative estimate of drug-likeness (QED) is 0.596. The van der Waals surface area contributed by atoms with E-state index in [-0.39, 0.29) is 6.04 Å². The zero-order chi connectivity index (χ0) is 15.7. The fourth-order valence-corrected chi connectivity index (χ4v) is 2.82. The Morgan fingerprint density at radius 2 is 2.24 bits per heavy atom. The van der Waals surface area contributed by atoms with E-state index in [4.69, 9.17) is 16.3 Å². The molecule has 0 aliphatic heterocycles. The van der Waals surface area contributed by atoms with Crippen molar-refractivity contribution in [3.8, 4) is 0 Å². The lowest BCUT2D eigenvalue weighted by molar-refractivity contribution is 0.179. The van der Waals surface area contributed by atoms with E-state index in [1.807, 2.05) is 18.2 Å². The van der Waals surface area contributed by atoms with Gasteiger partial charge in [-0.1, -0.05) is 23.7 Å². The highest BCUT2D eigenvalue weighted by atomic mass is 35.5. The van der Waals surface area contributed by atoms with E-state index < -0.39 is 0 Å². The van der Waals surface area contributed by atoms with E-state index in [2.05, 4.69) is 34.9 Å². The van der Waals surface area contributed by atoms with Crippen molar-refractivity contribution in [2.75, 3.05) is 33.6 Å². The molecule has 2 N–H and O–H groups in total. The van der Waals surface area contributed by atoms with Crippen molar-refractivity contribution in [3.05, 3.63) is 34.9 Å². The molecule has 0 heterocycles. The number of guanidine groups is 1. The van der Waals surface area contributed by atoms with Crippen molar-refractivity contribution in [1.82, 2.24) is 10.6 Å². The van der Waals surface area contributed by atoms with Crippen LogP contribution in [0, 0.1) is 0 Å². The summed E-state index contributed by atoms with van der Waals surface area (Å²) in [6.45, 7) is 3.47. The Balaban J connectivity index is 2.57. The topological polar surface area (TPSA) is 45.7 Å². The van der Waals surface area contributed by atoms with Crippen molar-refractivity contribution >= 4 is 29.3 Å². The van der Waals surface area contributed by atoms with Gasteiger partial charge in [0.15, 0.2) is 5.96 Å². The molecule has 0 saturated carbocycles. The Kier molecular flexibility index (Phi) is 8.57. The lowest BCUT2D eigenvalue weighted by atomic mass is 10.1. The summed E-state index contributed by atoms with van der Waals surface area (Å²) in [4.78, 5) is 4.23. The molecule has 0 fully saturated rings. The second kappa shape index (κ2) is 9.92. The van der Waals surface area contributed by atoms with Crippen LogP contribution in [0.5, 0.6) is 0 Å². The van der Waals surface area contributed by atoms with Crippen molar-refractivity contribution in [3.63, 3.8) is 0 Å². The first-order chi connectivity index (χ1) is 10.1. The van der Waals surface area contributed by atoms with Gasteiger partial charge in [-0.25, -0.2) is 0 Å². The van der Waals surface area contributed by atoms with Crippen molar-refractivity contribution in [1.29, 1.82) is 0 Å². The SMILES string of the molecule is CN=C(NCC(SC)c1cccc(Cl)c1)NC(C)COC. The number of ether oxygens (including phenoxy) is 1. The van der Waals surface area contributed by atoms with Crippen LogP contribution < -0.4 is 10.6 Å². The summed E-state index contributed by atoms with van der Waals surface area (Å²) in [5, 5.41) is 7.72. The Morgan fingerprint density at radius 1 is 1.48 bits per heavy atom. The molecule has 1 aromatic carbocycles. The summed E-state index contributed by atoms with van der Waals surface area (Å²) in [5.74, 6) is 0.778. The highest BCUT2D eigenvalue weighted by molar-refractivity contribution is 7.98. The van der Waals surface area contributed by atoms with Crippen molar-refractivity contribution in [2.45, 2.75) is 18.2 Å². The first-order valence-corrected chi connectivity index (χ1v) is 8.51. The predicted molar refractivity (Wildman–Crippen MR) is 93.5 cm³/mol. The first kappa shape index (κ1) is 18.1. The molecule has 0 aliphatic carbocycles. The molecule has 0 saturated heterocycles. The van der Waals surface area contributed by atoms with Gasteiger partial charge in [-0.15, -0.1) is 0 Å². The number of hydrogen-bond donors (Lipinski definition) is 2. The smallest absolute Gasteiger partial charge is 0.191 e. The Bertz CT molecular complexity index is 456. The molecule has 0 radical (unpaired) electrons. The first-order valence-electron chi connectivity index (χ1n) is 6.85. The Hall–Kier alpha value is -0.910. The van der Waals surface area contributed by atoms with Gasteiger partial charge in [0.05, 0.1) is 6.61 Å². The van der Waals surface area contributed by atoms with Crippen LogP contribution in [-0.2, 0) is 4.74 Å². The summed E-state index contributed by atoms with van der Waals surface area (Å²) in [6.07, 6.45) is 2.09. The third-order valence-electron chi connectivity index (χ3n) is 2.98. The Labute approximate surface area is 136 Å². The monoisotopic (exact) mass is 329 g/mol. The molecular weight excluding hydrogens is 306 g/mol. The van der Waals surface area contributed by atoms with Gasteiger partial charge in [0.2, 0.25) is 0 Å². The van der Waals surface area contributed by atoms with Crippen LogP contribution in [0.15, 0.2) is 29.3 Å². The number of hydrogen-bond acceptors (Lipinski definition) is 3. The minimum atomic E-state index is 0.208. The van der Waals surface area contributed by atoms with Gasteiger partial charge in [-0.2, -0.15) is 11.8 Å². The maximum atomic E-state index is 6.06. The van der Waals surface area contributed by atoms with Gasteiger partial charge in [0.1, 0.15) is 0 Å². The number of methoxy groups -OCH3 is 1. The molecule has 0 amide bonds. The fourth-order valence-electron chi connectivity index (χ4n) is 1.95.